The summed E-state index contributed by atoms with van der Waals surface area (Å²) in [7, 11) is -4.14. The second-order valence-corrected chi connectivity index (χ2v) is 24.0. The topological polar surface area (TPSA) is 12.0 Å². The lowest BCUT2D eigenvalue weighted by atomic mass is 10.2. The Balaban J connectivity index is 3.26. The van der Waals surface area contributed by atoms with Gasteiger partial charge in [-0.3, -0.25) is 0 Å². The molecule has 4 heteroatoms. The minimum Gasteiger partial charge on any atom is -0.356 e. The van der Waals surface area contributed by atoms with Gasteiger partial charge in [0.25, 0.3) is 0 Å². The summed E-state index contributed by atoms with van der Waals surface area (Å²) >= 11 is 0. The Labute approximate surface area is 130 Å². The van der Waals surface area contributed by atoms with E-state index >= 15 is 0 Å². The Hall–Kier alpha value is 0.0906. The van der Waals surface area contributed by atoms with Crippen LogP contribution in [0.1, 0.15) is 27.2 Å². The van der Waals surface area contributed by atoms with E-state index in [1.807, 2.05) is 0 Å². The van der Waals surface area contributed by atoms with Crippen LogP contribution in [-0.2, 0) is 0 Å². The summed E-state index contributed by atoms with van der Waals surface area (Å²) in [6.45, 7) is 24.7. The summed E-state index contributed by atoms with van der Waals surface area (Å²) in [5, 5.41) is 3.95. The first-order valence-electron chi connectivity index (χ1n) is 7.88. The monoisotopic (exact) mass is 325 g/mol. The van der Waals surface area contributed by atoms with Gasteiger partial charge in [-0.2, -0.15) is 0 Å². The average molecular weight is 326 g/mol. The zero-order valence-corrected chi connectivity index (χ0v) is 18.4. The lowest BCUT2D eigenvalue weighted by molar-refractivity contribution is 0.726. The van der Waals surface area contributed by atoms with Crippen LogP contribution in [0, 0.1) is 0 Å². The van der Waals surface area contributed by atoms with E-state index in [0.29, 0.717) is 5.04 Å². The highest BCUT2D eigenvalue weighted by Crippen LogP contribution is 2.45. The molecule has 0 atom stereocenters. The first-order chi connectivity index (χ1) is 8.68. The Morgan fingerprint density at radius 2 is 1.45 bits per heavy atom. The summed E-state index contributed by atoms with van der Waals surface area (Å²) in [6, 6.07) is 0. The molecule has 0 aliphatic heterocycles. The third-order valence-electron chi connectivity index (χ3n) is 4.92. The maximum Gasteiger partial charge on any atom is 0.141 e. The van der Waals surface area contributed by atoms with Gasteiger partial charge >= 0.3 is 0 Å². The minimum atomic E-state index is -1.49. The van der Waals surface area contributed by atoms with Crippen LogP contribution in [0.5, 0.6) is 0 Å². The summed E-state index contributed by atoms with van der Waals surface area (Å²) in [6.07, 6.45) is 6.07. The van der Waals surface area contributed by atoms with Gasteiger partial charge in [0.2, 0.25) is 0 Å². The van der Waals surface area contributed by atoms with Crippen molar-refractivity contribution >= 4 is 24.5 Å². The SMILES string of the molecule is CC(C)(C)[Si](C)(C)C1=C([Si](C)(C)N[Si](C)(C)C)CC=C1. The molecule has 0 saturated carbocycles. The van der Waals surface area contributed by atoms with Gasteiger partial charge in [-0.25, -0.2) is 0 Å². The molecule has 20 heavy (non-hydrogen) atoms. The zero-order chi connectivity index (χ0) is 16.0. The lowest BCUT2D eigenvalue weighted by Gasteiger charge is -2.42. The predicted octanol–water partition coefficient (Wildman–Crippen LogP) is 5.46. The molecule has 116 valence electrons. The molecule has 1 aliphatic rings. The fourth-order valence-electron chi connectivity index (χ4n) is 3.10. The second kappa shape index (κ2) is 5.38. The van der Waals surface area contributed by atoms with E-state index in [0.717, 1.165) is 0 Å². The van der Waals surface area contributed by atoms with E-state index in [9.17, 15) is 0 Å². The maximum absolute atomic E-state index is 4.09. The number of allylic oxidation sites excluding steroid dienone is 4. The van der Waals surface area contributed by atoms with Crippen LogP contribution >= 0.6 is 0 Å². The molecule has 0 bridgehead atoms. The number of nitrogens with one attached hydrogen (secondary N) is 1. The van der Waals surface area contributed by atoms with E-state index in [1.165, 1.54) is 6.42 Å². The summed E-state index contributed by atoms with van der Waals surface area (Å²) in [5.41, 5.74) is 0. The first-order valence-corrected chi connectivity index (χ1v) is 17.4. The molecule has 0 spiro atoms. The smallest absolute Gasteiger partial charge is 0.141 e. The Bertz CT molecular complexity index is 432. The van der Waals surface area contributed by atoms with E-state index in [1.54, 1.807) is 10.4 Å². The van der Waals surface area contributed by atoms with Crippen LogP contribution in [0.4, 0.5) is 0 Å². The van der Waals surface area contributed by atoms with Crippen LogP contribution in [0.3, 0.4) is 0 Å². The van der Waals surface area contributed by atoms with Gasteiger partial charge in [0.1, 0.15) is 16.5 Å². The molecule has 0 unspecified atom stereocenters. The predicted molar refractivity (Wildman–Crippen MR) is 102 cm³/mol. The van der Waals surface area contributed by atoms with Gasteiger partial charge in [0, 0.05) is 0 Å². The summed E-state index contributed by atoms with van der Waals surface area (Å²) in [5.74, 6) is 0. The highest BCUT2D eigenvalue weighted by Gasteiger charge is 2.43. The van der Waals surface area contributed by atoms with Crippen molar-refractivity contribution in [3.8, 4) is 0 Å². The van der Waals surface area contributed by atoms with Gasteiger partial charge in [-0.1, -0.05) is 89.1 Å². The standard InChI is InChI=1S/C16H35NSi3/c1-16(2,3)19(7,8)14-12-11-13-15(14)20(9,10)17-18(4,5)6/h11-12,17H,13H2,1-10H3. The summed E-state index contributed by atoms with van der Waals surface area (Å²) in [4.78, 5) is 0. The molecule has 1 N–H and O–H groups in total. The molecule has 0 aromatic heterocycles. The van der Waals surface area contributed by atoms with Gasteiger partial charge < -0.3 is 4.65 Å². The highest BCUT2D eigenvalue weighted by atomic mass is 28.4. The molecule has 0 amide bonds. The van der Waals surface area contributed by atoms with Crippen LogP contribution in [-0.4, -0.2) is 24.5 Å². The zero-order valence-electron chi connectivity index (χ0n) is 15.4. The van der Waals surface area contributed by atoms with Crippen molar-refractivity contribution in [2.24, 2.45) is 0 Å². The van der Waals surface area contributed by atoms with Gasteiger partial charge in [-0.15, -0.1) is 0 Å². The Morgan fingerprint density at radius 3 is 1.85 bits per heavy atom. The van der Waals surface area contributed by atoms with Crippen molar-refractivity contribution in [3.05, 3.63) is 22.5 Å². The largest absolute Gasteiger partial charge is 0.356 e. The van der Waals surface area contributed by atoms with E-state index in [-0.39, 0.29) is 0 Å². The van der Waals surface area contributed by atoms with Gasteiger partial charge in [-0.05, 0) is 11.5 Å². The van der Waals surface area contributed by atoms with E-state index < -0.39 is 24.5 Å². The number of hydrogen-bond acceptors (Lipinski definition) is 1. The van der Waals surface area contributed by atoms with Crippen molar-refractivity contribution in [2.45, 2.75) is 78.1 Å². The second-order valence-electron chi connectivity index (χ2n) is 9.37. The first kappa shape index (κ1) is 18.1. The Kier molecular flexibility index (Phi) is 4.88. The number of rotatable bonds is 4. The molecule has 0 aromatic rings. The highest BCUT2D eigenvalue weighted by molar-refractivity contribution is 6.97. The van der Waals surface area contributed by atoms with Crippen molar-refractivity contribution in [2.75, 3.05) is 0 Å². The fourth-order valence-corrected chi connectivity index (χ4v) is 16.7. The molecule has 0 radical (unpaired) electrons. The third-order valence-corrected chi connectivity index (χ3v) is 18.2. The molecular formula is C16H35NSi3. The molecule has 1 nitrogen and oxygen atoms in total. The fraction of sp³-hybridized carbons (Fsp3) is 0.750. The number of hydrogen-bond donors (Lipinski definition) is 1. The third kappa shape index (κ3) is 3.84. The van der Waals surface area contributed by atoms with Crippen LogP contribution in [0.2, 0.25) is 50.9 Å². The van der Waals surface area contributed by atoms with Crippen LogP contribution < -0.4 is 4.65 Å². The maximum atomic E-state index is 4.09. The molecular weight excluding hydrogens is 290 g/mol. The van der Waals surface area contributed by atoms with Gasteiger partial charge in [0.05, 0.1) is 8.07 Å². The Morgan fingerprint density at radius 1 is 0.950 bits per heavy atom. The van der Waals surface area contributed by atoms with Gasteiger partial charge in [0.15, 0.2) is 0 Å². The molecule has 0 heterocycles. The van der Waals surface area contributed by atoms with Crippen molar-refractivity contribution in [1.82, 2.24) is 4.65 Å². The molecule has 0 aromatic carbocycles. The van der Waals surface area contributed by atoms with Crippen LogP contribution in [0.15, 0.2) is 22.5 Å². The minimum absolute atomic E-state index is 0.423. The molecule has 0 saturated heterocycles. The van der Waals surface area contributed by atoms with Crippen molar-refractivity contribution in [1.29, 1.82) is 0 Å². The summed E-state index contributed by atoms with van der Waals surface area (Å²) < 4.78 is 4.09. The average Bonchev–Trinajstić information content (AvgIpc) is 2.60. The van der Waals surface area contributed by atoms with Crippen molar-refractivity contribution in [3.63, 3.8) is 0 Å². The van der Waals surface area contributed by atoms with E-state index in [4.69, 9.17) is 0 Å². The lowest BCUT2D eigenvalue weighted by Crippen LogP contribution is -2.59. The molecule has 0 fully saturated rings. The van der Waals surface area contributed by atoms with E-state index in [2.05, 4.69) is 83.4 Å². The van der Waals surface area contributed by atoms with Crippen molar-refractivity contribution < 1.29 is 0 Å². The van der Waals surface area contributed by atoms with Crippen LogP contribution in [0.25, 0.3) is 0 Å². The normalized spacial score (nSPS) is 18.1. The molecule has 1 aliphatic carbocycles. The molecule has 1 rings (SSSR count). The quantitative estimate of drug-likeness (QED) is 0.677.